The van der Waals surface area contributed by atoms with Gasteiger partial charge in [0.05, 0.1) is 11.1 Å². The van der Waals surface area contributed by atoms with Gasteiger partial charge in [-0.2, -0.15) is 13.2 Å². The zero-order valence-electron chi connectivity index (χ0n) is 24.3. The molecule has 2 heterocycles. The van der Waals surface area contributed by atoms with E-state index < -0.39 is 23.4 Å². The Balaban J connectivity index is 1.33. The minimum absolute atomic E-state index is 0.0185. The number of carbonyl (C=O) groups is 2. The highest BCUT2D eigenvalue weighted by molar-refractivity contribution is 5.99. The summed E-state index contributed by atoms with van der Waals surface area (Å²) in [5.74, 6) is 0.256. The van der Waals surface area contributed by atoms with E-state index >= 15 is 0 Å². The summed E-state index contributed by atoms with van der Waals surface area (Å²) in [7, 11) is 1.74. The van der Waals surface area contributed by atoms with E-state index in [9.17, 15) is 22.8 Å². The van der Waals surface area contributed by atoms with Gasteiger partial charge in [-0.1, -0.05) is 6.07 Å². The number of rotatable bonds is 7. The van der Waals surface area contributed by atoms with Crippen LogP contribution >= 0.6 is 0 Å². The van der Waals surface area contributed by atoms with Crippen LogP contribution in [0.3, 0.4) is 0 Å². The van der Waals surface area contributed by atoms with Crippen molar-refractivity contribution in [3.63, 3.8) is 0 Å². The molecule has 10 nitrogen and oxygen atoms in total. The first-order valence-corrected chi connectivity index (χ1v) is 13.7. The van der Waals surface area contributed by atoms with Crippen molar-refractivity contribution in [3.05, 3.63) is 72.1 Å². The number of likely N-dealkylation sites (N-methyl/N-ethyl adjacent to an activating group) is 1. The summed E-state index contributed by atoms with van der Waals surface area (Å²) in [6.45, 7) is 7.05. The van der Waals surface area contributed by atoms with Crippen molar-refractivity contribution in [3.8, 4) is 5.75 Å². The number of hydrogen-bond acceptors (Lipinski definition) is 7. The fraction of sp³-hybridized carbons (Fsp3) is 0.367. The van der Waals surface area contributed by atoms with Crippen molar-refractivity contribution < 1.29 is 32.2 Å². The summed E-state index contributed by atoms with van der Waals surface area (Å²) in [6.07, 6.45) is -1.03. The molecule has 0 radical (unpaired) electrons. The standard InChI is InChI=1S/C30H35F3N6O4/c1-29(2,3)43-28(41)38-12-11-22(18-38)36-17-23(35-4)16-26(34)42-24-8-9-25-19(14-24)10-13-39(25)27(40)37-21-7-5-6-20(15-21)30(31,32)33/h5-10,13-16,22,34-36H,11-12,17-18H2,1-4H3,(H,37,40)/b23-16-,34-26?. The molecule has 1 atom stereocenters. The topological polar surface area (TPSA) is 121 Å². The van der Waals surface area contributed by atoms with Gasteiger partial charge >= 0.3 is 18.3 Å². The van der Waals surface area contributed by atoms with Gasteiger partial charge in [0.15, 0.2) is 0 Å². The summed E-state index contributed by atoms with van der Waals surface area (Å²) >= 11 is 0. The lowest BCUT2D eigenvalue weighted by Crippen LogP contribution is -2.39. The van der Waals surface area contributed by atoms with E-state index in [0.29, 0.717) is 42.0 Å². The zero-order chi connectivity index (χ0) is 31.4. The second-order valence-electron chi connectivity index (χ2n) is 11.1. The number of ether oxygens (including phenoxy) is 2. The third-order valence-corrected chi connectivity index (χ3v) is 6.60. The molecule has 43 heavy (non-hydrogen) atoms. The molecular weight excluding hydrogens is 565 g/mol. The molecular formula is C30H35F3N6O4. The molecule has 0 spiro atoms. The molecule has 13 heteroatoms. The van der Waals surface area contributed by atoms with Crippen LogP contribution in [0.25, 0.3) is 10.9 Å². The molecule has 2 amide bonds. The number of nitrogens with zero attached hydrogens (tertiary/aromatic N) is 2. The lowest BCUT2D eigenvalue weighted by molar-refractivity contribution is -0.137. The monoisotopic (exact) mass is 600 g/mol. The van der Waals surface area contributed by atoms with Gasteiger partial charge in [0, 0.05) is 61.8 Å². The largest absolute Gasteiger partial charge is 0.444 e. The highest BCUT2D eigenvalue weighted by Crippen LogP contribution is 2.31. The lowest BCUT2D eigenvalue weighted by Gasteiger charge is -2.24. The predicted molar refractivity (Wildman–Crippen MR) is 158 cm³/mol. The molecule has 230 valence electrons. The third-order valence-electron chi connectivity index (χ3n) is 6.60. The van der Waals surface area contributed by atoms with Crippen LogP contribution in [0, 0.1) is 5.41 Å². The molecule has 2 aromatic carbocycles. The number of hydrogen-bond donors (Lipinski definition) is 4. The van der Waals surface area contributed by atoms with Gasteiger partial charge in [-0.25, -0.2) is 9.59 Å². The van der Waals surface area contributed by atoms with Gasteiger partial charge in [-0.05, 0) is 69.7 Å². The minimum Gasteiger partial charge on any atom is -0.444 e. The van der Waals surface area contributed by atoms with Crippen LogP contribution in [-0.2, 0) is 10.9 Å². The van der Waals surface area contributed by atoms with E-state index in [0.717, 1.165) is 18.6 Å². The average molecular weight is 601 g/mol. The Morgan fingerprint density at radius 1 is 1.12 bits per heavy atom. The van der Waals surface area contributed by atoms with Gasteiger partial charge in [0.25, 0.3) is 0 Å². The number of aromatic nitrogens is 1. The molecule has 3 aromatic rings. The van der Waals surface area contributed by atoms with Crippen molar-refractivity contribution >= 4 is 34.6 Å². The van der Waals surface area contributed by atoms with Gasteiger partial charge in [0.2, 0.25) is 5.90 Å². The van der Waals surface area contributed by atoms with Gasteiger partial charge in [0.1, 0.15) is 11.4 Å². The molecule has 0 saturated carbocycles. The fourth-order valence-electron chi connectivity index (χ4n) is 4.52. The number of carbonyl (C=O) groups excluding carboxylic acids is 2. The van der Waals surface area contributed by atoms with E-state index in [1.807, 2.05) is 20.8 Å². The fourth-order valence-corrected chi connectivity index (χ4v) is 4.52. The van der Waals surface area contributed by atoms with Gasteiger partial charge < -0.3 is 30.3 Å². The van der Waals surface area contributed by atoms with Crippen LogP contribution < -0.4 is 20.7 Å². The van der Waals surface area contributed by atoms with Crippen molar-refractivity contribution in [2.45, 2.75) is 45.0 Å². The summed E-state index contributed by atoms with van der Waals surface area (Å²) in [6, 6.07) is 10.4. The molecule has 1 fully saturated rings. The number of fused-ring (bicyclic) bond motifs is 1. The number of anilines is 1. The SMILES string of the molecule is CN/C(=C\C(=N)Oc1ccc2c(ccn2C(=O)Nc2cccc(C(F)(F)F)c2)c1)CNC1CCN(C(=O)OC(C)(C)C)C1. The molecule has 1 aliphatic rings. The molecule has 0 aliphatic carbocycles. The Bertz CT molecular complexity index is 1530. The summed E-state index contributed by atoms with van der Waals surface area (Å²) < 4.78 is 51.5. The number of amides is 2. The van der Waals surface area contributed by atoms with Crippen molar-refractivity contribution in [2.24, 2.45) is 0 Å². The second kappa shape index (κ2) is 12.8. The first-order valence-electron chi connectivity index (χ1n) is 13.7. The molecule has 1 aliphatic heterocycles. The van der Waals surface area contributed by atoms with Gasteiger partial charge in [-0.3, -0.25) is 9.98 Å². The van der Waals surface area contributed by atoms with Gasteiger partial charge in [-0.15, -0.1) is 0 Å². The number of likely N-dealkylation sites (tertiary alicyclic amines) is 1. The van der Waals surface area contributed by atoms with Crippen LogP contribution in [0.5, 0.6) is 5.75 Å². The first kappa shape index (κ1) is 31.4. The zero-order valence-corrected chi connectivity index (χ0v) is 24.3. The first-order chi connectivity index (χ1) is 20.2. The van der Waals surface area contributed by atoms with E-state index in [-0.39, 0.29) is 23.7 Å². The van der Waals surface area contributed by atoms with Crippen molar-refractivity contribution in [1.82, 2.24) is 20.1 Å². The molecule has 1 aromatic heterocycles. The van der Waals surface area contributed by atoms with Crippen LogP contribution in [0.15, 0.2) is 66.5 Å². The summed E-state index contributed by atoms with van der Waals surface area (Å²) in [5, 5.41) is 17.9. The molecule has 4 rings (SSSR count). The maximum atomic E-state index is 13.0. The molecule has 4 N–H and O–H groups in total. The Morgan fingerprint density at radius 3 is 2.58 bits per heavy atom. The Morgan fingerprint density at radius 2 is 1.88 bits per heavy atom. The van der Waals surface area contributed by atoms with Crippen LogP contribution in [0.4, 0.5) is 28.4 Å². The summed E-state index contributed by atoms with van der Waals surface area (Å²) in [5.41, 5.74) is -0.175. The number of alkyl halides is 3. The van der Waals surface area contributed by atoms with Crippen LogP contribution in [-0.4, -0.2) is 65.8 Å². The highest BCUT2D eigenvalue weighted by Gasteiger charge is 2.31. The molecule has 1 unspecified atom stereocenters. The predicted octanol–water partition coefficient (Wildman–Crippen LogP) is 5.80. The Labute approximate surface area is 247 Å². The lowest BCUT2D eigenvalue weighted by atomic mass is 10.2. The quantitative estimate of drug-likeness (QED) is 0.201. The number of benzene rings is 2. The van der Waals surface area contributed by atoms with E-state index in [2.05, 4.69) is 16.0 Å². The van der Waals surface area contributed by atoms with E-state index in [1.54, 1.807) is 42.3 Å². The number of nitrogens with one attached hydrogen (secondary N) is 4. The van der Waals surface area contributed by atoms with E-state index in [4.69, 9.17) is 14.9 Å². The number of halogens is 3. The smallest absolute Gasteiger partial charge is 0.416 e. The Kier molecular flexibility index (Phi) is 9.34. The van der Waals surface area contributed by atoms with Crippen LogP contribution in [0.2, 0.25) is 0 Å². The maximum Gasteiger partial charge on any atom is 0.416 e. The van der Waals surface area contributed by atoms with E-state index in [1.165, 1.54) is 22.9 Å². The average Bonchev–Trinajstić information content (AvgIpc) is 3.57. The summed E-state index contributed by atoms with van der Waals surface area (Å²) in [4.78, 5) is 26.8. The van der Waals surface area contributed by atoms with Crippen molar-refractivity contribution in [1.29, 1.82) is 5.41 Å². The Hall–Kier alpha value is -4.52. The highest BCUT2D eigenvalue weighted by atomic mass is 19.4. The van der Waals surface area contributed by atoms with Crippen molar-refractivity contribution in [2.75, 3.05) is 32.0 Å². The molecule has 1 saturated heterocycles. The van der Waals surface area contributed by atoms with Crippen LogP contribution in [0.1, 0.15) is 32.8 Å². The third kappa shape index (κ3) is 8.51. The second-order valence-corrected chi connectivity index (χ2v) is 11.1. The molecule has 0 bridgehead atoms. The normalized spacial score (nSPS) is 15.8. The minimum atomic E-state index is -4.52. The maximum absolute atomic E-state index is 13.0.